The Morgan fingerprint density at radius 1 is 1.59 bits per heavy atom. The molecular formula is C9H12F3N3O2. The fourth-order valence-corrected chi connectivity index (χ4v) is 0.951. The van der Waals surface area contributed by atoms with E-state index in [2.05, 4.69) is 4.98 Å². The minimum Gasteiger partial charge on any atom is -0.444 e. The van der Waals surface area contributed by atoms with Crippen LogP contribution in [-0.4, -0.2) is 22.6 Å². The molecule has 1 aromatic heterocycles. The lowest BCUT2D eigenvalue weighted by Gasteiger charge is -2.25. The van der Waals surface area contributed by atoms with Crippen molar-refractivity contribution in [3.8, 4) is 0 Å². The summed E-state index contributed by atoms with van der Waals surface area (Å²) in [5.74, 6) is -0.713. The van der Waals surface area contributed by atoms with Crippen molar-refractivity contribution in [3.05, 3.63) is 17.8 Å². The first-order valence-electron chi connectivity index (χ1n) is 4.70. The molecule has 1 aromatic rings. The Morgan fingerprint density at radius 2 is 2.18 bits per heavy atom. The molecule has 0 aliphatic heterocycles. The van der Waals surface area contributed by atoms with Crippen molar-refractivity contribution in [2.75, 3.05) is 0 Å². The van der Waals surface area contributed by atoms with Crippen molar-refractivity contribution in [2.45, 2.75) is 32.1 Å². The van der Waals surface area contributed by atoms with Crippen molar-refractivity contribution >= 4 is 5.91 Å². The molecule has 0 aliphatic rings. The number of nitrogens with one attached hydrogen (secondary N) is 1. The summed E-state index contributed by atoms with van der Waals surface area (Å²) < 4.78 is 42.2. The van der Waals surface area contributed by atoms with Gasteiger partial charge in [-0.1, -0.05) is 0 Å². The van der Waals surface area contributed by atoms with Gasteiger partial charge in [0.25, 0.3) is 0 Å². The molecule has 3 N–H and O–H groups in total. The number of hydrogen-bond donors (Lipinski definition) is 2. The molecular weight excluding hydrogens is 239 g/mol. The molecule has 17 heavy (non-hydrogen) atoms. The van der Waals surface area contributed by atoms with E-state index in [9.17, 15) is 18.0 Å². The van der Waals surface area contributed by atoms with Crippen LogP contribution in [0.3, 0.4) is 0 Å². The average Bonchev–Trinajstić information content (AvgIpc) is 2.58. The van der Waals surface area contributed by atoms with Crippen LogP contribution in [0.2, 0.25) is 0 Å². The minimum atomic E-state index is -4.82. The van der Waals surface area contributed by atoms with Crippen LogP contribution >= 0.6 is 0 Å². The van der Waals surface area contributed by atoms with E-state index in [1.54, 1.807) is 6.92 Å². The summed E-state index contributed by atoms with van der Waals surface area (Å²) in [6.07, 6.45) is -3.42. The Morgan fingerprint density at radius 3 is 2.59 bits per heavy atom. The normalized spacial score (nSPS) is 15.4. The van der Waals surface area contributed by atoms with Gasteiger partial charge in [-0.15, -0.1) is 0 Å². The highest BCUT2D eigenvalue weighted by molar-refractivity contribution is 5.86. The van der Waals surface area contributed by atoms with Crippen LogP contribution in [0.4, 0.5) is 13.2 Å². The van der Waals surface area contributed by atoms with Crippen LogP contribution in [-0.2, 0) is 11.3 Å². The number of hydrogen-bond acceptors (Lipinski definition) is 4. The molecule has 1 rings (SSSR count). The molecule has 0 radical (unpaired) electrons. The summed E-state index contributed by atoms with van der Waals surface area (Å²) in [6.45, 7) is 1.99. The molecule has 96 valence electrons. The number of halogens is 3. The maximum atomic E-state index is 12.4. The van der Waals surface area contributed by atoms with Gasteiger partial charge in [-0.2, -0.15) is 13.2 Å². The predicted molar refractivity (Wildman–Crippen MR) is 51.7 cm³/mol. The molecule has 8 heteroatoms. The van der Waals surface area contributed by atoms with Gasteiger partial charge in [0.1, 0.15) is 5.76 Å². The van der Waals surface area contributed by atoms with Crippen molar-refractivity contribution < 1.29 is 22.4 Å². The van der Waals surface area contributed by atoms with Crippen LogP contribution < -0.4 is 11.1 Å². The van der Waals surface area contributed by atoms with Gasteiger partial charge in [0.15, 0.2) is 5.54 Å². The molecule has 0 aromatic carbocycles. The molecule has 0 aliphatic carbocycles. The zero-order chi connectivity index (χ0) is 13.3. The van der Waals surface area contributed by atoms with Crippen molar-refractivity contribution in [1.29, 1.82) is 0 Å². The third kappa shape index (κ3) is 2.96. The summed E-state index contributed by atoms with van der Waals surface area (Å²) in [5, 5.41) is 2.02. The van der Waals surface area contributed by atoms with Crippen LogP contribution in [0, 0.1) is 6.92 Å². The van der Waals surface area contributed by atoms with E-state index in [1.807, 2.05) is 5.32 Å². The smallest absolute Gasteiger partial charge is 0.415 e. The van der Waals surface area contributed by atoms with Crippen molar-refractivity contribution in [3.63, 3.8) is 0 Å². The van der Waals surface area contributed by atoms with Gasteiger partial charge < -0.3 is 15.5 Å². The third-order valence-corrected chi connectivity index (χ3v) is 2.13. The van der Waals surface area contributed by atoms with Crippen molar-refractivity contribution in [2.24, 2.45) is 5.73 Å². The second-order valence-electron chi connectivity index (χ2n) is 3.75. The number of oxazole rings is 1. The summed E-state index contributed by atoms with van der Waals surface area (Å²) in [7, 11) is 0. The quantitative estimate of drug-likeness (QED) is 0.835. The lowest BCUT2D eigenvalue weighted by molar-refractivity contribution is -0.187. The third-order valence-electron chi connectivity index (χ3n) is 2.13. The number of aryl methyl sites for hydroxylation is 1. The lowest BCUT2D eigenvalue weighted by Crippen LogP contribution is -2.61. The second-order valence-corrected chi connectivity index (χ2v) is 3.75. The molecule has 1 atom stereocenters. The fourth-order valence-electron chi connectivity index (χ4n) is 0.951. The van der Waals surface area contributed by atoms with Gasteiger partial charge in [-0.25, -0.2) is 4.98 Å². The second kappa shape index (κ2) is 4.36. The number of carbonyl (C=O) groups excluding carboxylic acids is 1. The molecule has 5 nitrogen and oxygen atoms in total. The highest BCUT2D eigenvalue weighted by Gasteiger charge is 2.53. The van der Waals surface area contributed by atoms with Gasteiger partial charge in [0.2, 0.25) is 11.8 Å². The average molecular weight is 251 g/mol. The topological polar surface area (TPSA) is 81.2 Å². The Hall–Kier alpha value is -1.57. The standard InChI is InChI=1S/C9H12F3N3O2/c1-5-3-14-6(17-5)4-15-7(16)8(2,13)9(10,11)12/h3H,4,13H2,1-2H3,(H,15,16). The van der Waals surface area contributed by atoms with E-state index in [4.69, 9.17) is 10.2 Å². The summed E-state index contributed by atoms with van der Waals surface area (Å²) in [5.41, 5.74) is 1.98. The van der Waals surface area contributed by atoms with Gasteiger partial charge in [0.05, 0.1) is 12.7 Å². The monoisotopic (exact) mass is 251 g/mol. The molecule has 1 amide bonds. The maximum Gasteiger partial charge on any atom is 0.415 e. The van der Waals surface area contributed by atoms with E-state index in [-0.39, 0.29) is 12.4 Å². The summed E-state index contributed by atoms with van der Waals surface area (Å²) >= 11 is 0. The zero-order valence-corrected chi connectivity index (χ0v) is 9.26. The van der Waals surface area contributed by atoms with Crippen LogP contribution in [0.25, 0.3) is 0 Å². The van der Waals surface area contributed by atoms with Gasteiger partial charge in [-0.3, -0.25) is 4.79 Å². The lowest BCUT2D eigenvalue weighted by atomic mass is 10.0. The number of nitrogens with two attached hydrogens (primary N) is 1. The number of nitrogens with zero attached hydrogens (tertiary/aromatic N) is 1. The van der Waals surface area contributed by atoms with E-state index in [0.29, 0.717) is 12.7 Å². The summed E-state index contributed by atoms with van der Waals surface area (Å²) in [6, 6.07) is 0. The fraction of sp³-hybridized carbons (Fsp3) is 0.556. The van der Waals surface area contributed by atoms with Gasteiger partial charge in [-0.05, 0) is 13.8 Å². The Labute approximate surface area is 95.2 Å². The first kappa shape index (κ1) is 13.5. The molecule has 0 bridgehead atoms. The number of carbonyl (C=O) groups is 1. The van der Waals surface area contributed by atoms with Crippen LogP contribution in [0.15, 0.2) is 10.6 Å². The number of aromatic nitrogens is 1. The number of alkyl halides is 3. The van der Waals surface area contributed by atoms with Gasteiger partial charge >= 0.3 is 6.18 Å². The van der Waals surface area contributed by atoms with E-state index >= 15 is 0 Å². The molecule has 0 fully saturated rings. The molecule has 0 saturated carbocycles. The van der Waals surface area contributed by atoms with Crippen molar-refractivity contribution in [1.82, 2.24) is 10.3 Å². The maximum absolute atomic E-state index is 12.4. The Balaban J connectivity index is 2.61. The minimum absolute atomic E-state index is 0.119. The Kier molecular flexibility index (Phi) is 3.46. The van der Waals surface area contributed by atoms with Crippen LogP contribution in [0.5, 0.6) is 0 Å². The zero-order valence-electron chi connectivity index (χ0n) is 9.26. The molecule has 0 saturated heterocycles. The first-order chi connectivity index (χ1) is 7.64. The van der Waals surface area contributed by atoms with E-state index in [0.717, 1.165) is 0 Å². The van der Waals surface area contributed by atoms with E-state index in [1.165, 1.54) is 6.20 Å². The Bertz CT molecular complexity index is 412. The molecule has 1 unspecified atom stereocenters. The molecule has 0 spiro atoms. The number of rotatable bonds is 3. The predicted octanol–water partition coefficient (Wildman–Crippen LogP) is 0.879. The largest absolute Gasteiger partial charge is 0.444 e. The SMILES string of the molecule is Cc1cnc(CNC(=O)C(C)(N)C(F)(F)F)o1. The number of amides is 1. The van der Waals surface area contributed by atoms with Gasteiger partial charge in [0, 0.05) is 0 Å². The highest BCUT2D eigenvalue weighted by Crippen LogP contribution is 2.27. The highest BCUT2D eigenvalue weighted by atomic mass is 19.4. The first-order valence-corrected chi connectivity index (χ1v) is 4.70. The van der Waals surface area contributed by atoms with E-state index < -0.39 is 17.6 Å². The molecule has 1 heterocycles. The summed E-state index contributed by atoms with van der Waals surface area (Å²) in [4.78, 5) is 15.0. The van der Waals surface area contributed by atoms with Crippen LogP contribution in [0.1, 0.15) is 18.6 Å².